The number of nitrogens with zero attached hydrogens (tertiary/aromatic N) is 1. The molecule has 7 nitrogen and oxygen atoms in total. The van der Waals surface area contributed by atoms with Crippen LogP contribution in [0.3, 0.4) is 0 Å². The predicted molar refractivity (Wildman–Crippen MR) is 105 cm³/mol. The van der Waals surface area contributed by atoms with Crippen LogP contribution >= 0.6 is 0 Å². The lowest BCUT2D eigenvalue weighted by Crippen LogP contribution is -2.36. The lowest BCUT2D eigenvalue weighted by atomic mass is 10.0. The first-order valence-electron chi connectivity index (χ1n) is 9.37. The van der Waals surface area contributed by atoms with Crippen molar-refractivity contribution in [3.8, 4) is 0 Å². The number of nitrogens with one attached hydrogen (secondary N) is 1. The molecule has 2 aromatic rings. The van der Waals surface area contributed by atoms with E-state index in [0.29, 0.717) is 18.8 Å². The summed E-state index contributed by atoms with van der Waals surface area (Å²) in [4.78, 5) is 14.0. The first kappa shape index (κ1) is 20.1. The van der Waals surface area contributed by atoms with Crippen molar-refractivity contribution >= 4 is 11.8 Å². The average molecular weight is 386 g/mol. The molecule has 2 aromatic carbocycles. The number of hydrogen-bond donors (Lipinski definition) is 3. The van der Waals surface area contributed by atoms with Gasteiger partial charge in [-0.15, -0.1) is 0 Å². The third kappa shape index (κ3) is 5.69. The van der Waals surface area contributed by atoms with Gasteiger partial charge in [0.2, 0.25) is 0 Å². The minimum Gasteiger partial charge on any atom is -0.445 e. The highest BCUT2D eigenvalue weighted by Gasteiger charge is 2.20. The molecule has 1 aliphatic heterocycles. The van der Waals surface area contributed by atoms with Crippen LogP contribution in [0.1, 0.15) is 17.2 Å². The number of carbonyl (C=O) groups excluding carboxylic acids is 1. The second-order valence-corrected chi connectivity index (χ2v) is 6.65. The monoisotopic (exact) mass is 386 g/mol. The van der Waals surface area contributed by atoms with E-state index in [4.69, 9.17) is 9.47 Å². The van der Waals surface area contributed by atoms with E-state index >= 15 is 0 Å². The molecule has 7 heteroatoms. The molecule has 28 heavy (non-hydrogen) atoms. The molecular weight excluding hydrogens is 360 g/mol. The number of anilines is 1. The minimum absolute atomic E-state index is 0.111. The summed E-state index contributed by atoms with van der Waals surface area (Å²) in [7, 11) is 0. The van der Waals surface area contributed by atoms with E-state index in [1.165, 1.54) is 0 Å². The van der Waals surface area contributed by atoms with Crippen molar-refractivity contribution in [2.24, 2.45) is 0 Å². The van der Waals surface area contributed by atoms with Gasteiger partial charge in [-0.2, -0.15) is 0 Å². The van der Waals surface area contributed by atoms with Gasteiger partial charge in [0.1, 0.15) is 18.8 Å². The van der Waals surface area contributed by atoms with Crippen LogP contribution in [-0.4, -0.2) is 55.3 Å². The summed E-state index contributed by atoms with van der Waals surface area (Å²) in [6, 6.07) is 16.7. The Kier molecular flexibility index (Phi) is 7.25. The van der Waals surface area contributed by atoms with Crippen LogP contribution in [0.4, 0.5) is 10.5 Å². The van der Waals surface area contributed by atoms with E-state index in [9.17, 15) is 15.0 Å². The maximum Gasteiger partial charge on any atom is 0.407 e. The zero-order chi connectivity index (χ0) is 19.8. The summed E-state index contributed by atoms with van der Waals surface area (Å²) >= 11 is 0. The van der Waals surface area contributed by atoms with E-state index in [-0.39, 0.29) is 13.2 Å². The normalized spacial score (nSPS) is 16.3. The highest BCUT2D eigenvalue weighted by molar-refractivity contribution is 5.67. The molecule has 0 spiro atoms. The lowest BCUT2D eigenvalue weighted by molar-refractivity contribution is 0.0184. The van der Waals surface area contributed by atoms with Crippen molar-refractivity contribution in [3.05, 3.63) is 65.7 Å². The Balaban J connectivity index is 1.44. The molecular formula is C21H26N2O5. The predicted octanol–water partition coefficient (Wildman–Crippen LogP) is 1.84. The van der Waals surface area contributed by atoms with Gasteiger partial charge in [0.05, 0.1) is 13.2 Å². The Labute approximate surface area is 164 Å². The van der Waals surface area contributed by atoms with E-state index in [1.54, 1.807) is 12.1 Å². The molecule has 3 N–H and O–H groups in total. The molecule has 1 amide bonds. The highest BCUT2D eigenvalue weighted by Crippen LogP contribution is 2.22. The van der Waals surface area contributed by atoms with Gasteiger partial charge in [0, 0.05) is 25.3 Å². The van der Waals surface area contributed by atoms with Crippen LogP contribution in [0.15, 0.2) is 54.6 Å². The van der Waals surface area contributed by atoms with Crippen LogP contribution < -0.4 is 10.2 Å². The van der Waals surface area contributed by atoms with Crippen molar-refractivity contribution < 1.29 is 24.5 Å². The quantitative estimate of drug-likeness (QED) is 0.673. The Morgan fingerprint density at radius 2 is 1.75 bits per heavy atom. The lowest BCUT2D eigenvalue weighted by Gasteiger charge is -2.29. The largest absolute Gasteiger partial charge is 0.445 e. The van der Waals surface area contributed by atoms with Gasteiger partial charge in [0.15, 0.2) is 0 Å². The zero-order valence-corrected chi connectivity index (χ0v) is 15.7. The number of alkyl carbamates (subject to hydrolysis) is 1. The second kappa shape index (κ2) is 10.1. The number of ether oxygens (including phenoxy) is 2. The molecule has 0 aromatic heterocycles. The number of aliphatic hydroxyl groups is 2. The topological polar surface area (TPSA) is 91.3 Å². The van der Waals surface area contributed by atoms with Crippen LogP contribution in [0.5, 0.6) is 0 Å². The summed E-state index contributed by atoms with van der Waals surface area (Å²) in [6.45, 7) is 3.11. The number of amides is 1. The van der Waals surface area contributed by atoms with Crippen LogP contribution in [0.2, 0.25) is 0 Å². The minimum atomic E-state index is -1.14. The fourth-order valence-corrected chi connectivity index (χ4v) is 3.00. The first-order chi connectivity index (χ1) is 13.6. The summed E-state index contributed by atoms with van der Waals surface area (Å²) in [6.07, 6.45) is -2.88. The molecule has 3 rings (SSSR count). The maximum absolute atomic E-state index is 11.8. The van der Waals surface area contributed by atoms with E-state index in [1.807, 2.05) is 42.5 Å². The van der Waals surface area contributed by atoms with Crippen molar-refractivity contribution in [3.63, 3.8) is 0 Å². The number of carbonyl (C=O) groups is 1. The Morgan fingerprint density at radius 1 is 1.07 bits per heavy atom. The van der Waals surface area contributed by atoms with Gasteiger partial charge in [-0.05, 0) is 23.3 Å². The fourth-order valence-electron chi connectivity index (χ4n) is 3.00. The molecule has 2 atom stereocenters. The third-order valence-electron chi connectivity index (χ3n) is 4.64. The van der Waals surface area contributed by atoms with Crippen molar-refractivity contribution in [1.29, 1.82) is 0 Å². The first-order valence-corrected chi connectivity index (χ1v) is 9.37. The van der Waals surface area contributed by atoms with Gasteiger partial charge in [-0.25, -0.2) is 4.79 Å². The Morgan fingerprint density at radius 3 is 2.43 bits per heavy atom. The van der Waals surface area contributed by atoms with E-state index < -0.39 is 18.3 Å². The summed E-state index contributed by atoms with van der Waals surface area (Å²) < 4.78 is 10.4. The number of morpholine rings is 1. The number of hydrogen-bond acceptors (Lipinski definition) is 6. The molecule has 150 valence electrons. The smallest absolute Gasteiger partial charge is 0.407 e. The number of rotatable bonds is 7. The van der Waals surface area contributed by atoms with Crippen molar-refractivity contribution in [1.82, 2.24) is 5.32 Å². The molecule has 1 aliphatic rings. The van der Waals surface area contributed by atoms with Crippen LogP contribution in [-0.2, 0) is 16.1 Å². The summed E-state index contributed by atoms with van der Waals surface area (Å²) in [5.41, 5.74) is 2.51. The molecule has 0 radical (unpaired) electrons. The third-order valence-corrected chi connectivity index (χ3v) is 4.64. The van der Waals surface area contributed by atoms with Gasteiger partial charge in [-0.3, -0.25) is 0 Å². The second-order valence-electron chi connectivity index (χ2n) is 6.65. The summed E-state index contributed by atoms with van der Waals surface area (Å²) in [5.74, 6) is 0. The maximum atomic E-state index is 11.8. The Bertz CT molecular complexity index is 732. The molecule has 0 bridgehead atoms. The average Bonchev–Trinajstić information content (AvgIpc) is 2.77. The molecule has 1 saturated heterocycles. The molecule has 2 unspecified atom stereocenters. The van der Waals surface area contributed by atoms with E-state index in [0.717, 1.165) is 24.3 Å². The molecule has 0 saturated carbocycles. The van der Waals surface area contributed by atoms with Gasteiger partial charge in [-0.1, -0.05) is 42.5 Å². The number of aliphatic hydroxyl groups excluding tert-OH is 2. The number of benzene rings is 2. The van der Waals surface area contributed by atoms with Gasteiger partial charge >= 0.3 is 6.09 Å². The highest BCUT2D eigenvalue weighted by atomic mass is 16.5. The molecule has 1 fully saturated rings. The van der Waals surface area contributed by atoms with E-state index in [2.05, 4.69) is 10.2 Å². The van der Waals surface area contributed by atoms with Crippen molar-refractivity contribution in [2.45, 2.75) is 18.8 Å². The van der Waals surface area contributed by atoms with Crippen molar-refractivity contribution in [2.75, 3.05) is 37.7 Å². The molecule has 0 aliphatic carbocycles. The standard InChI is InChI=1S/C21H26N2O5/c24-19(14-22-21(26)28-15-16-4-2-1-3-5-16)20(25)17-6-8-18(9-7-17)23-10-12-27-13-11-23/h1-9,19-20,24-25H,10-15H2,(H,22,26). The van der Waals surface area contributed by atoms with Crippen LogP contribution in [0, 0.1) is 0 Å². The Hall–Kier alpha value is -2.61. The fraction of sp³-hybridized carbons (Fsp3) is 0.381. The van der Waals surface area contributed by atoms with Gasteiger partial charge < -0.3 is 29.9 Å². The van der Waals surface area contributed by atoms with Gasteiger partial charge in [0.25, 0.3) is 0 Å². The zero-order valence-electron chi connectivity index (χ0n) is 15.7. The van der Waals surface area contributed by atoms with Crippen LogP contribution in [0.25, 0.3) is 0 Å². The SMILES string of the molecule is O=C(NCC(O)C(O)c1ccc(N2CCOCC2)cc1)OCc1ccccc1. The summed E-state index contributed by atoms with van der Waals surface area (Å²) in [5, 5.41) is 23.0. The molecule has 1 heterocycles.